The molecule has 1 aliphatic heterocycles. The van der Waals surface area contributed by atoms with Crippen molar-refractivity contribution in [3.05, 3.63) is 59.0 Å². The Hall–Kier alpha value is -2.37. The standard InChI is InChI=1S/C23H25ClN4O/c24-17-4-5-20-19(16-17)22(6-8-25-20)28-14-11-26(12-15-28)10-13-27-9-7-18-21(27)2-1-3-23(18)29/h4-9,16H,1-3,10-15H2. The van der Waals surface area contributed by atoms with Gasteiger partial charge in [0.15, 0.2) is 5.78 Å². The molecule has 0 saturated carbocycles. The van der Waals surface area contributed by atoms with Crippen molar-refractivity contribution in [1.29, 1.82) is 0 Å². The molecular weight excluding hydrogens is 384 g/mol. The number of piperazine rings is 1. The number of halogens is 1. The van der Waals surface area contributed by atoms with E-state index in [0.717, 1.165) is 73.6 Å². The van der Waals surface area contributed by atoms with Crippen LogP contribution in [-0.4, -0.2) is 53.0 Å². The van der Waals surface area contributed by atoms with E-state index in [4.69, 9.17) is 11.6 Å². The van der Waals surface area contributed by atoms with Crippen molar-refractivity contribution in [2.24, 2.45) is 0 Å². The van der Waals surface area contributed by atoms with Crippen LogP contribution >= 0.6 is 11.6 Å². The molecule has 29 heavy (non-hydrogen) atoms. The normalized spacial score (nSPS) is 17.7. The zero-order valence-corrected chi connectivity index (χ0v) is 17.2. The Balaban J connectivity index is 1.23. The average molecular weight is 409 g/mol. The summed E-state index contributed by atoms with van der Waals surface area (Å²) < 4.78 is 2.29. The first-order valence-electron chi connectivity index (χ1n) is 10.4. The van der Waals surface area contributed by atoms with Crippen LogP contribution in [0.4, 0.5) is 5.69 Å². The summed E-state index contributed by atoms with van der Waals surface area (Å²) >= 11 is 6.22. The van der Waals surface area contributed by atoms with Crippen LogP contribution < -0.4 is 4.90 Å². The number of carbonyl (C=O) groups is 1. The number of pyridine rings is 1. The minimum absolute atomic E-state index is 0.309. The maximum atomic E-state index is 12.0. The van der Waals surface area contributed by atoms with Crippen LogP contribution in [0.2, 0.25) is 5.02 Å². The number of Topliss-reactive ketones (excluding diaryl/α,β-unsaturated/α-hetero) is 1. The topological polar surface area (TPSA) is 41.4 Å². The number of hydrogen-bond acceptors (Lipinski definition) is 4. The number of benzene rings is 1. The van der Waals surface area contributed by atoms with E-state index >= 15 is 0 Å². The van der Waals surface area contributed by atoms with E-state index in [1.54, 1.807) is 0 Å². The minimum atomic E-state index is 0.309. The lowest BCUT2D eigenvalue weighted by Crippen LogP contribution is -2.47. The van der Waals surface area contributed by atoms with Gasteiger partial charge in [0, 0.05) is 85.4 Å². The molecule has 1 saturated heterocycles. The number of hydrogen-bond donors (Lipinski definition) is 0. The molecule has 0 unspecified atom stereocenters. The molecule has 6 heteroatoms. The summed E-state index contributed by atoms with van der Waals surface area (Å²) in [6.07, 6.45) is 6.69. The fourth-order valence-electron chi connectivity index (χ4n) is 4.64. The molecule has 0 spiro atoms. The van der Waals surface area contributed by atoms with E-state index in [2.05, 4.69) is 31.6 Å². The quantitative estimate of drug-likeness (QED) is 0.653. The first-order chi connectivity index (χ1) is 14.2. The van der Waals surface area contributed by atoms with Crippen LogP contribution in [0.3, 0.4) is 0 Å². The van der Waals surface area contributed by atoms with E-state index in [-0.39, 0.29) is 0 Å². The first-order valence-corrected chi connectivity index (χ1v) is 10.8. The van der Waals surface area contributed by atoms with Gasteiger partial charge in [0.1, 0.15) is 0 Å². The van der Waals surface area contributed by atoms with Crippen molar-refractivity contribution in [2.45, 2.75) is 25.8 Å². The van der Waals surface area contributed by atoms with Gasteiger partial charge in [0.25, 0.3) is 0 Å². The smallest absolute Gasteiger partial charge is 0.164 e. The first kappa shape index (κ1) is 18.6. The molecule has 0 atom stereocenters. The molecule has 2 aromatic heterocycles. The van der Waals surface area contributed by atoms with Crippen molar-refractivity contribution in [2.75, 3.05) is 37.6 Å². The highest BCUT2D eigenvalue weighted by Crippen LogP contribution is 2.28. The summed E-state index contributed by atoms with van der Waals surface area (Å²) in [6, 6.07) is 10.0. The highest BCUT2D eigenvalue weighted by molar-refractivity contribution is 6.31. The molecule has 0 N–H and O–H groups in total. The van der Waals surface area contributed by atoms with Gasteiger partial charge in [0.2, 0.25) is 0 Å². The van der Waals surface area contributed by atoms with E-state index in [0.29, 0.717) is 12.2 Å². The minimum Gasteiger partial charge on any atom is -0.368 e. The summed E-state index contributed by atoms with van der Waals surface area (Å²) in [5, 5.41) is 1.87. The third kappa shape index (κ3) is 3.65. The molecule has 0 bridgehead atoms. The number of fused-ring (bicyclic) bond motifs is 2. The molecule has 5 nitrogen and oxygen atoms in total. The lowest BCUT2D eigenvalue weighted by molar-refractivity contribution is 0.0971. The van der Waals surface area contributed by atoms with E-state index in [1.807, 2.05) is 30.5 Å². The molecule has 0 amide bonds. The third-order valence-corrected chi connectivity index (χ3v) is 6.48. The second-order valence-corrected chi connectivity index (χ2v) is 8.40. The van der Waals surface area contributed by atoms with E-state index in [9.17, 15) is 4.79 Å². The number of anilines is 1. The predicted octanol–water partition coefficient (Wildman–Crippen LogP) is 4.03. The van der Waals surface area contributed by atoms with Gasteiger partial charge in [-0.15, -0.1) is 0 Å². The van der Waals surface area contributed by atoms with E-state index < -0.39 is 0 Å². The zero-order chi connectivity index (χ0) is 19.8. The summed E-state index contributed by atoms with van der Waals surface area (Å²) in [6.45, 7) is 6.03. The number of aromatic nitrogens is 2. The Morgan fingerprint density at radius 3 is 2.72 bits per heavy atom. The predicted molar refractivity (Wildman–Crippen MR) is 117 cm³/mol. The molecule has 1 aromatic carbocycles. The van der Waals surface area contributed by atoms with Crippen LogP contribution in [0.1, 0.15) is 28.9 Å². The fraction of sp³-hybridized carbons (Fsp3) is 0.391. The van der Waals surface area contributed by atoms with Crippen LogP contribution in [0.5, 0.6) is 0 Å². The second-order valence-electron chi connectivity index (χ2n) is 7.97. The van der Waals surface area contributed by atoms with Gasteiger partial charge in [-0.05, 0) is 43.2 Å². The highest BCUT2D eigenvalue weighted by atomic mass is 35.5. The molecule has 1 aliphatic carbocycles. The van der Waals surface area contributed by atoms with Gasteiger partial charge in [-0.2, -0.15) is 0 Å². The van der Waals surface area contributed by atoms with Crippen molar-refractivity contribution in [3.63, 3.8) is 0 Å². The Morgan fingerprint density at radius 2 is 1.86 bits per heavy atom. The SMILES string of the molecule is O=C1CCCc2c1ccn2CCN1CCN(c2ccnc3ccc(Cl)cc23)CC1. The van der Waals surface area contributed by atoms with Gasteiger partial charge < -0.3 is 9.47 Å². The summed E-state index contributed by atoms with van der Waals surface area (Å²) in [5.74, 6) is 0.309. The number of ketones is 1. The van der Waals surface area contributed by atoms with Crippen LogP contribution in [0.25, 0.3) is 10.9 Å². The molecule has 0 radical (unpaired) electrons. The molecule has 3 heterocycles. The van der Waals surface area contributed by atoms with Gasteiger partial charge in [-0.1, -0.05) is 11.6 Å². The van der Waals surface area contributed by atoms with Crippen molar-refractivity contribution in [3.8, 4) is 0 Å². The van der Waals surface area contributed by atoms with Crippen LogP contribution in [0.15, 0.2) is 42.7 Å². The molecule has 3 aromatic rings. The van der Waals surface area contributed by atoms with Crippen molar-refractivity contribution < 1.29 is 4.79 Å². The largest absolute Gasteiger partial charge is 0.368 e. The van der Waals surface area contributed by atoms with E-state index in [1.165, 1.54) is 11.4 Å². The Bertz CT molecular complexity index is 1050. The monoisotopic (exact) mass is 408 g/mol. The van der Waals surface area contributed by atoms with Gasteiger partial charge in [-0.3, -0.25) is 14.7 Å². The summed E-state index contributed by atoms with van der Waals surface area (Å²) in [4.78, 5) is 21.5. The molecule has 150 valence electrons. The number of nitrogens with zero attached hydrogens (tertiary/aromatic N) is 4. The lowest BCUT2D eigenvalue weighted by atomic mass is 9.97. The zero-order valence-electron chi connectivity index (χ0n) is 16.5. The van der Waals surface area contributed by atoms with Crippen LogP contribution in [0, 0.1) is 0 Å². The molecule has 1 fully saturated rings. The molecular formula is C23H25ClN4O. The van der Waals surface area contributed by atoms with Crippen molar-refractivity contribution >= 4 is 34.0 Å². The summed E-state index contributed by atoms with van der Waals surface area (Å²) in [5.41, 5.74) is 4.39. The van der Waals surface area contributed by atoms with Gasteiger partial charge >= 0.3 is 0 Å². The lowest BCUT2D eigenvalue weighted by Gasteiger charge is -2.36. The highest BCUT2D eigenvalue weighted by Gasteiger charge is 2.22. The van der Waals surface area contributed by atoms with Gasteiger partial charge in [0.05, 0.1) is 5.52 Å². The van der Waals surface area contributed by atoms with Gasteiger partial charge in [-0.25, -0.2) is 0 Å². The maximum Gasteiger partial charge on any atom is 0.164 e. The van der Waals surface area contributed by atoms with Crippen LogP contribution in [-0.2, 0) is 13.0 Å². The van der Waals surface area contributed by atoms with Crippen molar-refractivity contribution in [1.82, 2.24) is 14.5 Å². The third-order valence-electron chi connectivity index (χ3n) is 6.25. The average Bonchev–Trinajstić information content (AvgIpc) is 3.17. The number of rotatable bonds is 4. The molecule has 5 rings (SSSR count). The Kier molecular flexibility index (Phi) is 5.02. The Labute approximate surface area is 175 Å². The maximum absolute atomic E-state index is 12.0. The fourth-order valence-corrected chi connectivity index (χ4v) is 4.81. The number of carbonyl (C=O) groups excluding carboxylic acids is 1. The second kappa shape index (κ2) is 7.81. The summed E-state index contributed by atoms with van der Waals surface area (Å²) in [7, 11) is 0. The Morgan fingerprint density at radius 1 is 1.00 bits per heavy atom. The molecule has 2 aliphatic rings.